The standard InChI is InChI=1S/C54H64FN9O8S/c1-8-11-35-15-17-44(73-35)52-64-39-16-14-31(37-26-56-48(58-37)41-13-10-19-63(41)51(66)47(61-54(68)70-7)34-20-29(4)71-30(5)21-34)22-33(39)24-42(64)45-36(55)23-32(25-43(45)72-52)38-27-57-49(59-38)40-12-9-18-62(40)50(65)46(28(2)3)60-53(67)69-6/h14-17,22-30,34,40-41,46-47,52H,8-13,18-21H2,1-7H3,(H,56,58)(H,57,59)(H,60,67)(H,61,68)/t29-,30+,34?,40-,41-,46-,47?,52?/m0/s1. The summed E-state index contributed by atoms with van der Waals surface area (Å²) in [5.74, 6) is 0.493. The molecule has 8 atom stereocenters. The lowest BCUT2D eigenvalue weighted by Gasteiger charge is -2.38. The summed E-state index contributed by atoms with van der Waals surface area (Å²) in [5.41, 5.74) is 4.64. The van der Waals surface area contributed by atoms with Crippen molar-refractivity contribution in [2.75, 3.05) is 27.3 Å². The third kappa shape index (κ3) is 9.68. The molecule has 10 rings (SSSR count). The van der Waals surface area contributed by atoms with E-state index in [4.69, 9.17) is 28.9 Å². The molecule has 0 saturated carbocycles. The molecule has 2 aromatic carbocycles. The average molecular weight is 1020 g/mol. The molecule has 8 heterocycles. The van der Waals surface area contributed by atoms with Gasteiger partial charge in [0.2, 0.25) is 18.0 Å². The van der Waals surface area contributed by atoms with Crippen molar-refractivity contribution in [2.24, 2.45) is 11.8 Å². The number of rotatable bonds is 13. The topological polar surface area (TPSA) is 198 Å². The first-order valence-corrected chi connectivity index (χ1v) is 26.3. The molecule has 4 aliphatic rings. The number of aromatic nitrogens is 5. The number of H-pyrrole nitrogens is 2. The number of hydrogen-bond donors (Lipinski definition) is 4. The van der Waals surface area contributed by atoms with Crippen LogP contribution in [0, 0.1) is 17.7 Å². The number of halogens is 1. The predicted molar refractivity (Wildman–Crippen MR) is 273 cm³/mol. The van der Waals surface area contributed by atoms with Crippen LogP contribution in [-0.2, 0) is 30.2 Å². The van der Waals surface area contributed by atoms with Gasteiger partial charge in [-0.15, -0.1) is 11.3 Å². The lowest BCUT2D eigenvalue weighted by molar-refractivity contribution is -0.138. The number of amides is 4. The normalized spacial score (nSPS) is 22.4. The van der Waals surface area contributed by atoms with Crippen LogP contribution in [0.15, 0.2) is 60.9 Å². The Labute approximate surface area is 427 Å². The maximum atomic E-state index is 17.0. The second-order valence-corrected chi connectivity index (χ2v) is 21.4. The van der Waals surface area contributed by atoms with Crippen molar-refractivity contribution >= 4 is 46.2 Å². The molecule has 4 N–H and O–H groups in total. The minimum Gasteiger partial charge on any atom is -0.464 e. The number of nitrogens with zero attached hydrogens (tertiary/aromatic N) is 5. The van der Waals surface area contributed by atoms with E-state index < -0.39 is 36.3 Å². The van der Waals surface area contributed by atoms with Gasteiger partial charge in [-0.1, -0.05) is 33.3 Å². The van der Waals surface area contributed by atoms with Gasteiger partial charge in [-0.3, -0.25) is 14.2 Å². The zero-order valence-corrected chi connectivity index (χ0v) is 43.1. The first-order valence-electron chi connectivity index (χ1n) is 25.5. The average Bonchev–Trinajstić information content (AvgIpc) is 4.24. The van der Waals surface area contributed by atoms with Crippen molar-refractivity contribution in [3.8, 4) is 39.5 Å². The van der Waals surface area contributed by atoms with Gasteiger partial charge in [0.05, 0.1) is 83.9 Å². The maximum Gasteiger partial charge on any atom is 0.407 e. The van der Waals surface area contributed by atoms with E-state index in [1.165, 1.54) is 25.2 Å². The summed E-state index contributed by atoms with van der Waals surface area (Å²) in [6.07, 6.45) is 7.58. The zero-order chi connectivity index (χ0) is 51.2. The highest BCUT2D eigenvalue weighted by molar-refractivity contribution is 7.12. The van der Waals surface area contributed by atoms with Crippen molar-refractivity contribution in [1.29, 1.82) is 0 Å². The van der Waals surface area contributed by atoms with Crippen molar-refractivity contribution in [1.82, 2.24) is 44.9 Å². The SMILES string of the molecule is CCCc1ccc(C2Oc3cc(-c4cnc([C@@H]5CCCN5C(=O)[C@@H](NC(=O)OC)C(C)C)[nH]4)cc(F)c3-c3cc4cc(-c5cnc([C@@H]6CCCN6C(=O)C(NC(=O)OC)C6C[C@@H](C)O[C@@H](C)C6)[nH]5)ccc4n32)s1. The van der Waals surface area contributed by atoms with Crippen LogP contribution in [0.25, 0.3) is 44.7 Å². The molecule has 0 aliphatic carbocycles. The fourth-order valence-corrected chi connectivity index (χ4v) is 12.6. The number of ether oxygens (including phenoxy) is 4. The highest BCUT2D eigenvalue weighted by Gasteiger charge is 2.43. The van der Waals surface area contributed by atoms with Crippen LogP contribution < -0.4 is 15.4 Å². The molecule has 73 heavy (non-hydrogen) atoms. The van der Waals surface area contributed by atoms with Crippen LogP contribution >= 0.6 is 11.3 Å². The van der Waals surface area contributed by atoms with Crippen molar-refractivity contribution in [3.05, 3.63) is 88.1 Å². The summed E-state index contributed by atoms with van der Waals surface area (Å²) in [5, 5.41) is 6.43. The third-order valence-corrected chi connectivity index (χ3v) is 16.1. The number of aromatic amines is 2. The molecular formula is C54H64FN9O8S. The maximum absolute atomic E-state index is 17.0. The zero-order valence-electron chi connectivity index (χ0n) is 42.3. The van der Waals surface area contributed by atoms with Gasteiger partial charge < -0.3 is 49.3 Å². The number of benzene rings is 2. The monoisotopic (exact) mass is 1020 g/mol. The minimum absolute atomic E-state index is 0.0507. The van der Waals surface area contributed by atoms with Crippen LogP contribution in [0.2, 0.25) is 0 Å². The Morgan fingerprint density at radius 1 is 0.836 bits per heavy atom. The lowest BCUT2D eigenvalue weighted by Crippen LogP contribution is -2.54. The van der Waals surface area contributed by atoms with E-state index in [0.29, 0.717) is 78.7 Å². The molecule has 386 valence electrons. The predicted octanol–water partition coefficient (Wildman–Crippen LogP) is 9.82. The molecular weight excluding hydrogens is 954 g/mol. The Balaban J connectivity index is 0.950. The summed E-state index contributed by atoms with van der Waals surface area (Å²) in [7, 11) is 2.57. The molecule has 19 heteroatoms. The number of aryl methyl sites for hydroxylation is 1. The second kappa shape index (κ2) is 20.6. The fourth-order valence-electron chi connectivity index (χ4n) is 11.5. The molecule has 4 amide bonds. The number of likely N-dealkylation sites (tertiary alicyclic amines) is 2. The van der Waals surface area contributed by atoms with E-state index in [-0.39, 0.29) is 47.9 Å². The Hall–Kier alpha value is -6.73. The highest BCUT2D eigenvalue weighted by Crippen LogP contribution is 2.48. The summed E-state index contributed by atoms with van der Waals surface area (Å²) in [6, 6.07) is 13.5. The van der Waals surface area contributed by atoms with Crippen LogP contribution in [0.1, 0.15) is 119 Å². The molecule has 3 fully saturated rings. The first-order chi connectivity index (χ1) is 35.2. The second-order valence-electron chi connectivity index (χ2n) is 20.2. The van der Waals surface area contributed by atoms with E-state index in [1.54, 1.807) is 28.6 Å². The smallest absolute Gasteiger partial charge is 0.407 e. The molecule has 6 aromatic rings. The van der Waals surface area contributed by atoms with Gasteiger partial charge in [0, 0.05) is 34.5 Å². The van der Waals surface area contributed by atoms with E-state index in [0.717, 1.165) is 52.7 Å². The molecule has 0 bridgehead atoms. The molecule has 3 saturated heterocycles. The van der Waals surface area contributed by atoms with E-state index >= 15 is 4.39 Å². The largest absolute Gasteiger partial charge is 0.464 e. The van der Waals surface area contributed by atoms with Crippen molar-refractivity contribution in [2.45, 2.75) is 129 Å². The number of nitrogens with one attached hydrogen (secondary N) is 4. The van der Waals surface area contributed by atoms with E-state index in [2.05, 4.69) is 50.3 Å². The summed E-state index contributed by atoms with van der Waals surface area (Å²) in [4.78, 5) is 75.3. The Morgan fingerprint density at radius 3 is 2.12 bits per heavy atom. The van der Waals surface area contributed by atoms with Crippen LogP contribution in [0.3, 0.4) is 0 Å². The summed E-state index contributed by atoms with van der Waals surface area (Å²) < 4.78 is 41.7. The summed E-state index contributed by atoms with van der Waals surface area (Å²) in [6.45, 7) is 10.9. The number of hydrogen-bond acceptors (Lipinski definition) is 11. The van der Waals surface area contributed by atoms with Gasteiger partial charge in [-0.25, -0.2) is 23.9 Å². The Bertz CT molecular complexity index is 3020. The fraction of sp³-hybridized carbons (Fsp3) is 0.481. The van der Waals surface area contributed by atoms with Gasteiger partial charge >= 0.3 is 12.2 Å². The quantitative estimate of drug-likeness (QED) is 0.0864. The van der Waals surface area contributed by atoms with Crippen molar-refractivity contribution in [3.63, 3.8) is 0 Å². The Morgan fingerprint density at radius 2 is 1.48 bits per heavy atom. The first kappa shape index (κ1) is 49.8. The number of carbonyl (C=O) groups excluding carboxylic acids is 4. The minimum atomic E-state index is -0.773. The summed E-state index contributed by atoms with van der Waals surface area (Å²) >= 11 is 1.69. The van der Waals surface area contributed by atoms with Crippen LogP contribution in [0.5, 0.6) is 5.75 Å². The van der Waals surface area contributed by atoms with E-state index in [9.17, 15) is 19.2 Å². The number of fused-ring (bicyclic) bond motifs is 5. The lowest BCUT2D eigenvalue weighted by atomic mass is 9.85. The third-order valence-electron chi connectivity index (χ3n) is 14.9. The van der Waals surface area contributed by atoms with Gasteiger partial charge in [0.15, 0.2) is 0 Å². The number of alkyl carbamates (subject to hydrolysis) is 2. The molecule has 0 spiro atoms. The molecule has 17 nitrogen and oxygen atoms in total. The highest BCUT2D eigenvalue weighted by atomic mass is 32.1. The molecule has 4 aromatic heterocycles. The van der Waals surface area contributed by atoms with Gasteiger partial charge in [0.25, 0.3) is 0 Å². The van der Waals surface area contributed by atoms with Crippen molar-refractivity contribution < 1.29 is 42.5 Å². The molecule has 4 aliphatic heterocycles. The van der Waals surface area contributed by atoms with Crippen LogP contribution in [0.4, 0.5) is 14.0 Å². The number of methoxy groups -OCH3 is 2. The van der Waals surface area contributed by atoms with Crippen LogP contribution in [-0.4, -0.2) is 110 Å². The number of thiophene rings is 1. The van der Waals surface area contributed by atoms with Gasteiger partial charge in [-0.05, 0) is 113 Å². The van der Waals surface area contributed by atoms with Gasteiger partial charge in [-0.2, -0.15) is 0 Å². The van der Waals surface area contributed by atoms with E-state index in [1.807, 2.05) is 56.9 Å². The Kier molecular flexibility index (Phi) is 14.1. The number of imidazole rings is 2. The van der Waals surface area contributed by atoms with Gasteiger partial charge in [0.1, 0.15) is 35.3 Å². The molecule has 3 unspecified atom stereocenters. The molecule has 0 radical (unpaired) electrons. The number of carbonyl (C=O) groups is 4.